The molecule has 0 atom stereocenters. The topological polar surface area (TPSA) is 75.5 Å². The molecule has 4 rings (SSSR count). The summed E-state index contributed by atoms with van der Waals surface area (Å²) in [5, 5.41) is 11.1. The van der Waals surface area contributed by atoms with Crippen molar-refractivity contribution in [2.75, 3.05) is 19.7 Å². The second-order valence-electron chi connectivity index (χ2n) is 7.43. The van der Waals surface area contributed by atoms with Crippen LogP contribution in [0, 0.1) is 17.2 Å². The standard InChI is InChI=1S/C23H23N3O3S/c24-13-18-1-2-20-12-21(4-3-19(20)11-18)28-10-7-17-5-8-26(9-6-17)23(27)29-15-22-14-25-16-30-22/h1-4,11-12,14,16-17H,5-10,15H2. The molecule has 1 fully saturated rings. The highest BCUT2D eigenvalue weighted by molar-refractivity contribution is 7.09. The Labute approximate surface area is 179 Å². The third-order valence-corrected chi connectivity index (χ3v) is 6.18. The van der Waals surface area contributed by atoms with Gasteiger partial charge >= 0.3 is 6.09 Å². The Morgan fingerprint density at radius 2 is 2.00 bits per heavy atom. The molecule has 1 aliphatic heterocycles. The number of hydrogen-bond acceptors (Lipinski definition) is 6. The second kappa shape index (κ2) is 9.59. The molecule has 0 spiro atoms. The first-order valence-corrected chi connectivity index (χ1v) is 10.9. The van der Waals surface area contributed by atoms with Gasteiger partial charge in [0, 0.05) is 19.3 Å². The van der Waals surface area contributed by atoms with Crippen LogP contribution in [-0.2, 0) is 11.3 Å². The summed E-state index contributed by atoms with van der Waals surface area (Å²) in [4.78, 5) is 18.9. The summed E-state index contributed by atoms with van der Waals surface area (Å²) in [5.74, 6) is 1.39. The molecule has 1 amide bonds. The summed E-state index contributed by atoms with van der Waals surface area (Å²) in [7, 11) is 0. The molecule has 6 nitrogen and oxygen atoms in total. The van der Waals surface area contributed by atoms with Gasteiger partial charge in [0.25, 0.3) is 0 Å². The van der Waals surface area contributed by atoms with Gasteiger partial charge in [0.2, 0.25) is 0 Å². The molecule has 0 bridgehead atoms. The summed E-state index contributed by atoms with van der Waals surface area (Å²) < 4.78 is 11.3. The molecule has 1 aromatic heterocycles. The molecule has 0 saturated carbocycles. The van der Waals surface area contributed by atoms with Gasteiger partial charge in [-0.15, -0.1) is 11.3 Å². The van der Waals surface area contributed by atoms with Crippen molar-refractivity contribution in [1.82, 2.24) is 9.88 Å². The van der Waals surface area contributed by atoms with E-state index in [9.17, 15) is 4.79 Å². The summed E-state index contributed by atoms with van der Waals surface area (Å²) >= 11 is 1.49. The molecule has 7 heteroatoms. The Morgan fingerprint density at radius 3 is 2.77 bits per heavy atom. The van der Waals surface area contributed by atoms with Gasteiger partial charge < -0.3 is 14.4 Å². The zero-order valence-corrected chi connectivity index (χ0v) is 17.4. The maximum atomic E-state index is 12.2. The number of amides is 1. The quantitative estimate of drug-likeness (QED) is 0.561. The molecular formula is C23H23N3O3S. The third kappa shape index (κ3) is 5.08. The minimum Gasteiger partial charge on any atom is -0.494 e. The number of carbonyl (C=O) groups excluding carboxylic acids is 1. The molecule has 30 heavy (non-hydrogen) atoms. The van der Waals surface area contributed by atoms with Gasteiger partial charge in [-0.3, -0.25) is 4.98 Å². The molecule has 1 aliphatic rings. The van der Waals surface area contributed by atoms with Crippen molar-refractivity contribution in [3.05, 3.63) is 58.5 Å². The second-order valence-corrected chi connectivity index (χ2v) is 8.40. The van der Waals surface area contributed by atoms with E-state index in [-0.39, 0.29) is 6.09 Å². The number of piperidine rings is 1. The first kappa shape index (κ1) is 20.2. The van der Waals surface area contributed by atoms with Crippen LogP contribution in [0.5, 0.6) is 5.75 Å². The molecule has 3 aromatic rings. The summed E-state index contributed by atoms with van der Waals surface area (Å²) in [6.07, 6.45) is 4.38. The lowest BCUT2D eigenvalue weighted by atomic mass is 9.94. The lowest BCUT2D eigenvalue weighted by Gasteiger charge is -2.31. The van der Waals surface area contributed by atoms with Crippen molar-refractivity contribution in [2.45, 2.75) is 25.9 Å². The number of nitriles is 1. The number of likely N-dealkylation sites (tertiary alicyclic amines) is 1. The highest BCUT2D eigenvalue weighted by Gasteiger charge is 2.23. The molecule has 1 saturated heterocycles. The number of benzene rings is 2. The number of hydrogen-bond donors (Lipinski definition) is 0. The molecule has 2 aromatic carbocycles. The molecule has 154 valence electrons. The van der Waals surface area contributed by atoms with E-state index in [1.807, 2.05) is 36.4 Å². The van der Waals surface area contributed by atoms with Gasteiger partial charge in [0.15, 0.2) is 0 Å². The fraction of sp³-hybridized carbons (Fsp3) is 0.348. The maximum absolute atomic E-state index is 12.2. The minimum absolute atomic E-state index is 0.242. The Kier molecular flexibility index (Phi) is 6.45. The Balaban J connectivity index is 1.19. The third-order valence-electron chi connectivity index (χ3n) is 5.43. The lowest BCUT2D eigenvalue weighted by molar-refractivity contribution is 0.0807. The van der Waals surface area contributed by atoms with E-state index in [4.69, 9.17) is 14.7 Å². The van der Waals surface area contributed by atoms with Crippen LogP contribution in [0.3, 0.4) is 0 Å². The van der Waals surface area contributed by atoms with Crippen molar-refractivity contribution in [1.29, 1.82) is 5.26 Å². The van der Waals surface area contributed by atoms with Crippen molar-refractivity contribution in [3.8, 4) is 11.8 Å². The van der Waals surface area contributed by atoms with Gasteiger partial charge in [-0.1, -0.05) is 12.1 Å². The van der Waals surface area contributed by atoms with E-state index in [0.29, 0.717) is 24.7 Å². The van der Waals surface area contributed by atoms with Gasteiger partial charge in [-0.25, -0.2) is 4.79 Å². The van der Waals surface area contributed by atoms with Gasteiger partial charge in [-0.05, 0) is 60.2 Å². The zero-order chi connectivity index (χ0) is 20.8. The van der Waals surface area contributed by atoms with Crippen molar-refractivity contribution in [2.24, 2.45) is 5.92 Å². The van der Waals surface area contributed by atoms with Crippen LogP contribution in [0.4, 0.5) is 4.79 Å². The van der Waals surface area contributed by atoms with Crippen LogP contribution < -0.4 is 4.74 Å². The molecule has 0 N–H and O–H groups in total. The summed E-state index contributed by atoms with van der Waals surface area (Å²) in [6.45, 7) is 2.40. The predicted molar refractivity (Wildman–Crippen MR) is 115 cm³/mol. The van der Waals surface area contributed by atoms with E-state index >= 15 is 0 Å². The molecular weight excluding hydrogens is 398 g/mol. The zero-order valence-electron chi connectivity index (χ0n) is 16.6. The predicted octanol–water partition coefficient (Wildman–Crippen LogP) is 4.99. The van der Waals surface area contributed by atoms with E-state index in [2.05, 4.69) is 11.1 Å². The number of rotatable bonds is 6. The van der Waals surface area contributed by atoms with E-state index in [0.717, 1.165) is 53.8 Å². The number of fused-ring (bicyclic) bond motifs is 1. The summed E-state index contributed by atoms with van der Waals surface area (Å²) in [6, 6.07) is 13.8. The smallest absolute Gasteiger partial charge is 0.410 e. The number of aromatic nitrogens is 1. The average molecular weight is 422 g/mol. The molecule has 0 radical (unpaired) electrons. The molecule has 0 aliphatic carbocycles. The number of thiazole rings is 1. The van der Waals surface area contributed by atoms with Gasteiger partial charge in [0.05, 0.1) is 28.6 Å². The van der Waals surface area contributed by atoms with Crippen LogP contribution in [-0.4, -0.2) is 35.7 Å². The first-order valence-electron chi connectivity index (χ1n) is 10.1. The van der Waals surface area contributed by atoms with E-state index < -0.39 is 0 Å². The van der Waals surface area contributed by atoms with Crippen LogP contribution in [0.25, 0.3) is 10.8 Å². The number of nitrogens with zero attached hydrogens (tertiary/aromatic N) is 3. The Hall–Kier alpha value is -3.11. The fourth-order valence-electron chi connectivity index (χ4n) is 3.67. The molecule has 0 unspecified atom stereocenters. The van der Waals surface area contributed by atoms with E-state index in [1.165, 1.54) is 11.3 Å². The fourth-order valence-corrected chi connectivity index (χ4v) is 4.17. The van der Waals surface area contributed by atoms with Crippen LogP contribution in [0.2, 0.25) is 0 Å². The van der Waals surface area contributed by atoms with Crippen LogP contribution in [0.1, 0.15) is 29.7 Å². The first-order chi connectivity index (χ1) is 14.7. The van der Waals surface area contributed by atoms with Crippen molar-refractivity contribution in [3.63, 3.8) is 0 Å². The highest BCUT2D eigenvalue weighted by Crippen LogP contribution is 2.24. The largest absolute Gasteiger partial charge is 0.494 e. The van der Waals surface area contributed by atoms with Crippen LogP contribution in [0.15, 0.2) is 48.1 Å². The number of carbonyl (C=O) groups is 1. The Bertz CT molecular complexity index is 1040. The maximum Gasteiger partial charge on any atom is 0.410 e. The lowest BCUT2D eigenvalue weighted by Crippen LogP contribution is -2.39. The highest BCUT2D eigenvalue weighted by atomic mass is 32.1. The number of ether oxygens (including phenoxy) is 2. The average Bonchev–Trinajstić information content (AvgIpc) is 3.31. The molecule has 2 heterocycles. The minimum atomic E-state index is -0.242. The SMILES string of the molecule is N#Cc1ccc2cc(OCCC3CCN(C(=O)OCc4cncs4)CC3)ccc2c1. The summed E-state index contributed by atoms with van der Waals surface area (Å²) in [5.41, 5.74) is 2.40. The Morgan fingerprint density at radius 1 is 1.20 bits per heavy atom. The van der Waals surface area contributed by atoms with Crippen LogP contribution >= 0.6 is 11.3 Å². The monoisotopic (exact) mass is 421 g/mol. The van der Waals surface area contributed by atoms with E-state index in [1.54, 1.807) is 16.6 Å². The normalized spacial score (nSPS) is 14.4. The van der Waals surface area contributed by atoms with Gasteiger partial charge in [0.1, 0.15) is 12.4 Å². The van der Waals surface area contributed by atoms with Gasteiger partial charge in [-0.2, -0.15) is 5.26 Å². The van der Waals surface area contributed by atoms with Crippen molar-refractivity contribution >= 4 is 28.2 Å². The van der Waals surface area contributed by atoms with Crippen molar-refractivity contribution < 1.29 is 14.3 Å².